The summed E-state index contributed by atoms with van der Waals surface area (Å²) >= 11 is 0. The topological polar surface area (TPSA) is 64.1 Å². The van der Waals surface area contributed by atoms with Gasteiger partial charge in [0.25, 0.3) is 0 Å². The highest BCUT2D eigenvalue weighted by Crippen LogP contribution is 2.07. The molecule has 6 heteroatoms. The van der Waals surface area contributed by atoms with Crippen LogP contribution in [0, 0.1) is 0 Å². The summed E-state index contributed by atoms with van der Waals surface area (Å²) in [5, 5.41) is 6.54. The number of ether oxygens (including phenoxy) is 3. The number of aliphatic imine (C=N–C) groups is 1. The van der Waals surface area contributed by atoms with Crippen LogP contribution in [-0.2, 0) is 14.2 Å². The molecule has 1 rings (SSSR count). The minimum atomic E-state index is 0.297. The molecule has 0 amide bonds. The Morgan fingerprint density at radius 3 is 2.90 bits per heavy atom. The summed E-state index contributed by atoms with van der Waals surface area (Å²) < 4.78 is 16.0. The van der Waals surface area contributed by atoms with Gasteiger partial charge in [0, 0.05) is 46.6 Å². The first kappa shape index (κ1) is 17.2. The van der Waals surface area contributed by atoms with Crippen molar-refractivity contribution in [3.05, 3.63) is 0 Å². The first-order valence-corrected chi connectivity index (χ1v) is 7.57. The van der Waals surface area contributed by atoms with E-state index in [9.17, 15) is 0 Å². The van der Waals surface area contributed by atoms with E-state index in [2.05, 4.69) is 22.5 Å². The van der Waals surface area contributed by atoms with Gasteiger partial charge < -0.3 is 24.8 Å². The number of nitrogens with one attached hydrogen (secondary N) is 2. The number of rotatable bonds is 10. The fourth-order valence-electron chi connectivity index (χ4n) is 1.91. The Labute approximate surface area is 122 Å². The maximum atomic E-state index is 5.72. The lowest BCUT2D eigenvalue weighted by Gasteiger charge is -2.12. The van der Waals surface area contributed by atoms with Crippen LogP contribution in [-0.4, -0.2) is 65.2 Å². The van der Waals surface area contributed by atoms with Crippen LogP contribution < -0.4 is 10.6 Å². The van der Waals surface area contributed by atoms with E-state index < -0.39 is 0 Å². The van der Waals surface area contributed by atoms with Gasteiger partial charge in [0.2, 0.25) is 0 Å². The Morgan fingerprint density at radius 1 is 1.30 bits per heavy atom. The van der Waals surface area contributed by atoms with E-state index in [1.54, 1.807) is 7.11 Å². The van der Waals surface area contributed by atoms with Crippen LogP contribution in [0.4, 0.5) is 0 Å². The third kappa shape index (κ3) is 8.35. The molecule has 0 aliphatic carbocycles. The lowest BCUT2D eigenvalue weighted by molar-refractivity contribution is 0.0420. The normalized spacial score (nSPS) is 19.3. The van der Waals surface area contributed by atoms with Crippen LogP contribution in [0.3, 0.4) is 0 Å². The molecule has 20 heavy (non-hydrogen) atoms. The third-order valence-corrected chi connectivity index (χ3v) is 2.98. The van der Waals surface area contributed by atoms with E-state index in [1.807, 2.05) is 0 Å². The Hall–Kier alpha value is -0.850. The second-order valence-electron chi connectivity index (χ2n) is 4.74. The fourth-order valence-corrected chi connectivity index (χ4v) is 1.91. The van der Waals surface area contributed by atoms with Crippen molar-refractivity contribution in [3.8, 4) is 0 Å². The minimum Gasteiger partial charge on any atom is -0.385 e. The second-order valence-corrected chi connectivity index (χ2v) is 4.74. The SMILES string of the molecule is CCNC(=NCCCOC)NCCCOC1CCOC1. The molecule has 6 nitrogen and oxygen atoms in total. The lowest BCUT2D eigenvalue weighted by atomic mass is 10.3. The molecule has 0 aromatic heterocycles. The molecular weight excluding hydrogens is 258 g/mol. The van der Waals surface area contributed by atoms with E-state index in [1.165, 1.54) is 0 Å². The van der Waals surface area contributed by atoms with E-state index >= 15 is 0 Å². The van der Waals surface area contributed by atoms with Gasteiger partial charge in [-0.05, 0) is 26.2 Å². The van der Waals surface area contributed by atoms with Crippen LogP contribution in [0.15, 0.2) is 4.99 Å². The number of hydrogen-bond acceptors (Lipinski definition) is 4. The second kappa shape index (κ2) is 11.9. The molecule has 0 radical (unpaired) electrons. The van der Waals surface area contributed by atoms with Gasteiger partial charge in [-0.25, -0.2) is 0 Å². The number of methoxy groups -OCH3 is 1. The van der Waals surface area contributed by atoms with Gasteiger partial charge in [-0.15, -0.1) is 0 Å². The zero-order chi connectivity index (χ0) is 14.5. The predicted octanol–water partition coefficient (Wildman–Crippen LogP) is 0.774. The van der Waals surface area contributed by atoms with Crippen molar-refractivity contribution in [1.82, 2.24) is 10.6 Å². The van der Waals surface area contributed by atoms with Crippen molar-refractivity contribution in [2.45, 2.75) is 32.3 Å². The van der Waals surface area contributed by atoms with Gasteiger partial charge in [-0.2, -0.15) is 0 Å². The number of hydrogen-bond donors (Lipinski definition) is 2. The first-order valence-electron chi connectivity index (χ1n) is 7.57. The molecule has 1 aliphatic rings. The van der Waals surface area contributed by atoms with Crippen LogP contribution >= 0.6 is 0 Å². The summed E-state index contributed by atoms with van der Waals surface area (Å²) in [5.74, 6) is 0.868. The van der Waals surface area contributed by atoms with Gasteiger partial charge in [0.15, 0.2) is 5.96 Å². The highest BCUT2D eigenvalue weighted by atomic mass is 16.5. The maximum Gasteiger partial charge on any atom is 0.191 e. The summed E-state index contributed by atoms with van der Waals surface area (Å²) in [4.78, 5) is 4.48. The molecule has 0 bridgehead atoms. The third-order valence-electron chi connectivity index (χ3n) is 2.98. The molecule has 0 aromatic rings. The van der Waals surface area contributed by atoms with Gasteiger partial charge in [0.05, 0.1) is 12.7 Å². The van der Waals surface area contributed by atoms with Crippen LogP contribution in [0.1, 0.15) is 26.2 Å². The van der Waals surface area contributed by atoms with Crippen molar-refractivity contribution in [3.63, 3.8) is 0 Å². The lowest BCUT2D eigenvalue weighted by Crippen LogP contribution is -2.38. The molecule has 1 atom stereocenters. The highest BCUT2D eigenvalue weighted by Gasteiger charge is 2.15. The van der Waals surface area contributed by atoms with Crippen molar-refractivity contribution < 1.29 is 14.2 Å². The van der Waals surface area contributed by atoms with Crippen LogP contribution in [0.2, 0.25) is 0 Å². The van der Waals surface area contributed by atoms with E-state index in [-0.39, 0.29) is 0 Å². The summed E-state index contributed by atoms with van der Waals surface area (Å²) in [6.45, 7) is 7.67. The molecular formula is C14H29N3O3. The quantitative estimate of drug-likeness (QED) is 0.353. The van der Waals surface area contributed by atoms with Gasteiger partial charge in [0.1, 0.15) is 0 Å². The average molecular weight is 287 g/mol. The van der Waals surface area contributed by atoms with Crippen LogP contribution in [0.25, 0.3) is 0 Å². The van der Waals surface area contributed by atoms with Crippen molar-refractivity contribution in [2.24, 2.45) is 4.99 Å². The molecule has 1 saturated heterocycles. The molecule has 2 N–H and O–H groups in total. The van der Waals surface area contributed by atoms with Gasteiger partial charge in [-0.3, -0.25) is 4.99 Å². The number of guanidine groups is 1. The molecule has 0 spiro atoms. The smallest absolute Gasteiger partial charge is 0.191 e. The molecule has 0 saturated carbocycles. The Kier molecular flexibility index (Phi) is 10.3. The Morgan fingerprint density at radius 2 is 2.20 bits per heavy atom. The van der Waals surface area contributed by atoms with Crippen molar-refractivity contribution in [1.29, 1.82) is 0 Å². The zero-order valence-electron chi connectivity index (χ0n) is 12.8. The first-order chi connectivity index (χ1) is 9.86. The molecule has 0 aromatic carbocycles. The molecule has 1 fully saturated rings. The molecule has 118 valence electrons. The minimum absolute atomic E-state index is 0.297. The van der Waals surface area contributed by atoms with E-state index in [0.29, 0.717) is 6.10 Å². The van der Waals surface area contributed by atoms with Crippen molar-refractivity contribution in [2.75, 3.05) is 53.2 Å². The standard InChI is InChI=1S/C14H29N3O3/c1-3-15-14(16-7-4-9-18-2)17-8-5-10-20-13-6-11-19-12-13/h13H,3-12H2,1-2H3,(H2,15,16,17). The average Bonchev–Trinajstić information content (AvgIpc) is 2.96. The highest BCUT2D eigenvalue weighted by molar-refractivity contribution is 5.79. The van der Waals surface area contributed by atoms with Gasteiger partial charge >= 0.3 is 0 Å². The maximum absolute atomic E-state index is 5.72. The summed E-state index contributed by atoms with van der Waals surface area (Å²) in [6.07, 6.45) is 3.24. The summed E-state index contributed by atoms with van der Waals surface area (Å²) in [5.41, 5.74) is 0. The summed E-state index contributed by atoms with van der Waals surface area (Å²) in [6, 6.07) is 0. The largest absolute Gasteiger partial charge is 0.385 e. The molecule has 1 unspecified atom stereocenters. The van der Waals surface area contributed by atoms with Gasteiger partial charge in [-0.1, -0.05) is 0 Å². The molecule has 1 aliphatic heterocycles. The fraction of sp³-hybridized carbons (Fsp3) is 0.929. The zero-order valence-corrected chi connectivity index (χ0v) is 12.8. The summed E-state index contributed by atoms with van der Waals surface area (Å²) in [7, 11) is 1.71. The van der Waals surface area contributed by atoms with E-state index in [0.717, 1.165) is 71.3 Å². The molecule has 1 heterocycles. The monoisotopic (exact) mass is 287 g/mol. The predicted molar refractivity (Wildman–Crippen MR) is 80.3 cm³/mol. The Bertz CT molecular complexity index is 256. The Balaban J connectivity index is 2.04. The van der Waals surface area contributed by atoms with E-state index in [4.69, 9.17) is 14.2 Å². The van der Waals surface area contributed by atoms with Crippen molar-refractivity contribution >= 4 is 5.96 Å². The van der Waals surface area contributed by atoms with Crippen LogP contribution in [0.5, 0.6) is 0 Å². The number of nitrogens with zero attached hydrogens (tertiary/aromatic N) is 1.